The van der Waals surface area contributed by atoms with Crippen LogP contribution in [0.1, 0.15) is 31.7 Å². The van der Waals surface area contributed by atoms with Crippen molar-refractivity contribution in [2.75, 3.05) is 27.2 Å². The van der Waals surface area contributed by atoms with Gasteiger partial charge in [0.1, 0.15) is 5.66 Å². The van der Waals surface area contributed by atoms with Crippen molar-refractivity contribution in [1.82, 2.24) is 15.1 Å². The molecule has 3 nitrogen and oxygen atoms in total. The Morgan fingerprint density at radius 3 is 2.50 bits per heavy atom. The van der Waals surface area contributed by atoms with Gasteiger partial charge in [0, 0.05) is 25.0 Å². The van der Waals surface area contributed by atoms with Gasteiger partial charge in [0.2, 0.25) is 0 Å². The zero-order valence-electron chi connectivity index (χ0n) is 17.3. The van der Waals surface area contributed by atoms with E-state index < -0.39 is 0 Å². The summed E-state index contributed by atoms with van der Waals surface area (Å²) in [6.07, 6.45) is 12.9. The molecule has 1 N–H and O–H groups in total. The number of nitrogens with zero attached hydrogens (tertiary/aromatic N) is 2. The first-order valence-corrected chi connectivity index (χ1v) is 10.4. The Hall–Kier alpha value is -2.36. The quantitative estimate of drug-likeness (QED) is 0.815. The fourth-order valence-corrected chi connectivity index (χ4v) is 4.68. The summed E-state index contributed by atoms with van der Waals surface area (Å²) in [6, 6.07) is 15.1. The first-order chi connectivity index (χ1) is 13.6. The SMILES string of the molecule is CC1=CNC(/C=C/c2cccc3ccccc23)=CC1(N(C)C)N1CCCCC1. The number of likely N-dealkylation sites (tertiary alicyclic amines) is 1. The van der Waals surface area contributed by atoms with Gasteiger partial charge in [-0.15, -0.1) is 0 Å². The number of hydrogen-bond acceptors (Lipinski definition) is 3. The van der Waals surface area contributed by atoms with E-state index in [2.05, 4.69) is 103 Å². The molecule has 2 aromatic carbocycles. The maximum absolute atomic E-state index is 3.49. The van der Waals surface area contributed by atoms with Crippen molar-refractivity contribution >= 4 is 16.8 Å². The lowest BCUT2D eigenvalue weighted by molar-refractivity contribution is 0.0231. The first kappa shape index (κ1) is 19.0. The Morgan fingerprint density at radius 1 is 0.964 bits per heavy atom. The van der Waals surface area contributed by atoms with Crippen LogP contribution in [0.2, 0.25) is 0 Å². The molecule has 2 aliphatic rings. The molecular formula is C25H31N3. The molecule has 0 aliphatic carbocycles. The molecule has 1 atom stereocenters. The number of fused-ring (bicyclic) bond motifs is 1. The van der Waals surface area contributed by atoms with Crippen LogP contribution >= 0.6 is 0 Å². The predicted molar refractivity (Wildman–Crippen MR) is 120 cm³/mol. The molecule has 0 radical (unpaired) electrons. The third-order valence-electron chi connectivity index (χ3n) is 6.18. The van der Waals surface area contributed by atoms with Gasteiger partial charge in [-0.05, 0) is 67.9 Å². The van der Waals surface area contributed by atoms with E-state index in [1.165, 1.54) is 41.2 Å². The Kier molecular flexibility index (Phi) is 5.38. The van der Waals surface area contributed by atoms with Gasteiger partial charge in [-0.3, -0.25) is 9.80 Å². The zero-order valence-corrected chi connectivity index (χ0v) is 17.3. The van der Waals surface area contributed by atoms with Gasteiger partial charge in [0.25, 0.3) is 0 Å². The Balaban J connectivity index is 1.69. The van der Waals surface area contributed by atoms with Crippen molar-refractivity contribution in [2.24, 2.45) is 0 Å². The molecule has 0 aromatic heterocycles. The first-order valence-electron chi connectivity index (χ1n) is 10.4. The summed E-state index contributed by atoms with van der Waals surface area (Å²) < 4.78 is 0. The highest BCUT2D eigenvalue weighted by Gasteiger charge is 2.40. The van der Waals surface area contributed by atoms with Gasteiger partial charge < -0.3 is 5.32 Å². The number of allylic oxidation sites excluding steroid dienone is 1. The summed E-state index contributed by atoms with van der Waals surface area (Å²) in [6.45, 7) is 4.55. The summed E-state index contributed by atoms with van der Waals surface area (Å²) in [5, 5.41) is 6.07. The number of piperidine rings is 1. The summed E-state index contributed by atoms with van der Waals surface area (Å²) in [7, 11) is 4.39. The summed E-state index contributed by atoms with van der Waals surface area (Å²) in [5.41, 5.74) is 3.60. The second-order valence-electron chi connectivity index (χ2n) is 8.14. The van der Waals surface area contributed by atoms with Crippen molar-refractivity contribution < 1.29 is 0 Å². The molecule has 2 heterocycles. The number of likely N-dealkylation sites (N-methyl/N-ethyl adjacent to an activating group) is 1. The highest BCUT2D eigenvalue weighted by atomic mass is 15.4. The number of dihydropyridines is 1. The third kappa shape index (κ3) is 3.41. The molecule has 2 aromatic rings. The van der Waals surface area contributed by atoms with Crippen LogP contribution in [0.3, 0.4) is 0 Å². The number of benzene rings is 2. The van der Waals surface area contributed by atoms with Gasteiger partial charge in [-0.2, -0.15) is 0 Å². The average molecular weight is 374 g/mol. The van der Waals surface area contributed by atoms with Crippen LogP contribution in [0.15, 0.2) is 72.1 Å². The molecule has 0 saturated carbocycles. The zero-order chi connectivity index (χ0) is 19.6. The Labute approximate surface area is 169 Å². The third-order valence-corrected chi connectivity index (χ3v) is 6.18. The summed E-state index contributed by atoms with van der Waals surface area (Å²) in [5.74, 6) is 0. The molecule has 3 heteroatoms. The number of hydrogen-bond donors (Lipinski definition) is 1. The van der Waals surface area contributed by atoms with E-state index >= 15 is 0 Å². The van der Waals surface area contributed by atoms with Crippen LogP contribution in [-0.4, -0.2) is 42.6 Å². The maximum Gasteiger partial charge on any atom is 0.118 e. The summed E-state index contributed by atoms with van der Waals surface area (Å²) >= 11 is 0. The lowest BCUT2D eigenvalue weighted by Crippen LogP contribution is -2.60. The fraction of sp³-hybridized carbons (Fsp3) is 0.360. The molecule has 0 spiro atoms. The molecule has 28 heavy (non-hydrogen) atoms. The molecule has 0 bridgehead atoms. The van der Waals surface area contributed by atoms with E-state index in [-0.39, 0.29) is 5.66 Å². The van der Waals surface area contributed by atoms with Crippen molar-refractivity contribution in [3.8, 4) is 0 Å². The van der Waals surface area contributed by atoms with E-state index in [0.29, 0.717) is 0 Å². The molecule has 0 amide bonds. The smallest absolute Gasteiger partial charge is 0.118 e. The van der Waals surface area contributed by atoms with E-state index in [1.807, 2.05) is 0 Å². The van der Waals surface area contributed by atoms with E-state index in [1.54, 1.807) is 0 Å². The topological polar surface area (TPSA) is 18.5 Å². The highest BCUT2D eigenvalue weighted by Crippen LogP contribution is 2.34. The molecule has 1 fully saturated rings. The van der Waals surface area contributed by atoms with E-state index in [0.717, 1.165) is 18.8 Å². The van der Waals surface area contributed by atoms with Gasteiger partial charge >= 0.3 is 0 Å². The van der Waals surface area contributed by atoms with Crippen molar-refractivity contribution in [2.45, 2.75) is 31.8 Å². The second-order valence-corrected chi connectivity index (χ2v) is 8.14. The number of nitrogens with one attached hydrogen (secondary N) is 1. The van der Waals surface area contributed by atoms with Crippen LogP contribution < -0.4 is 5.32 Å². The van der Waals surface area contributed by atoms with Gasteiger partial charge in [0.05, 0.1) is 0 Å². The van der Waals surface area contributed by atoms with Crippen LogP contribution in [-0.2, 0) is 0 Å². The van der Waals surface area contributed by atoms with Gasteiger partial charge in [0.15, 0.2) is 0 Å². The minimum Gasteiger partial charge on any atom is -0.362 e. The van der Waals surface area contributed by atoms with Gasteiger partial charge in [-0.25, -0.2) is 0 Å². The fourth-order valence-electron chi connectivity index (χ4n) is 4.68. The monoisotopic (exact) mass is 373 g/mol. The molecule has 1 saturated heterocycles. The molecular weight excluding hydrogens is 342 g/mol. The summed E-state index contributed by atoms with van der Waals surface area (Å²) in [4.78, 5) is 4.99. The Bertz CT molecular complexity index is 926. The van der Waals surface area contributed by atoms with Crippen LogP contribution in [0.5, 0.6) is 0 Å². The molecule has 1 unspecified atom stereocenters. The van der Waals surface area contributed by atoms with Gasteiger partial charge in [-0.1, -0.05) is 55.0 Å². The van der Waals surface area contributed by atoms with Crippen molar-refractivity contribution in [3.63, 3.8) is 0 Å². The predicted octanol–water partition coefficient (Wildman–Crippen LogP) is 4.99. The van der Waals surface area contributed by atoms with Crippen LogP contribution in [0.4, 0.5) is 0 Å². The van der Waals surface area contributed by atoms with Crippen molar-refractivity contribution in [1.29, 1.82) is 0 Å². The standard InChI is InChI=1S/C25H31N3/c1-20-19-26-23(18-25(20,27(2)3)28-16-7-4-8-17-28)15-14-22-12-9-11-21-10-5-6-13-24(21)22/h5-6,9-15,18-19,26H,4,7-8,16-17H2,1-3H3/b15-14+. The van der Waals surface area contributed by atoms with E-state index in [4.69, 9.17) is 0 Å². The Morgan fingerprint density at radius 2 is 1.71 bits per heavy atom. The maximum atomic E-state index is 3.49. The largest absolute Gasteiger partial charge is 0.362 e. The molecule has 2 aliphatic heterocycles. The molecule has 4 rings (SSSR count). The lowest BCUT2D eigenvalue weighted by atomic mass is 9.91. The number of rotatable bonds is 4. The minimum atomic E-state index is -0.149. The highest BCUT2D eigenvalue weighted by molar-refractivity contribution is 5.90. The van der Waals surface area contributed by atoms with E-state index in [9.17, 15) is 0 Å². The molecule has 146 valence electrons. The normalized spacial score (nSPS) is 23.7. The van der Waals surface area contributed by atoms with Crippen LogP contribution in [0.25, 0.3) is 16.8 Å². The lowest BCUT2D eigenvalue weighted by Gasteiger charge is -2.50. The van der Waals surface area contributed by atoms with Crippen molar-refractivity contribution in [3.05, 3.63) is 77.7 Å². The minimum absolute atomic E-state index is 0.149. The average Bonchev–Trinajstić information content (AvgIpc) is 2.73. The second kappa shape index (κ2) is 7.94. The van der Waals surface area contributed by atoms with Crippen LogP contribution in [0, 0.1) is 0 Å².